The van der Waals surface area contributed by atoms with Crippen molar-refractivity contribution in [1.82, 2.24) is 14.5 Å². The molecule has 2 aromatic heterocycles. The van der Waals surface area contributed by atoms with Crippen LogP contribution in [0.5, 0.6) is 0 Å². The Morgan fingerprint density at radius 3 is 2.68 bits per heavy atom. The van der Waals surface area contributed by atoms with Crippen LogP contribution in [0.15, 0.2) is 67.0 Å². The van der Waals surface area contributed by atoms with Gasteiger partial charge in [-0.15, -0.1) is 0 Å². The van der Waals surface area contributed by atoms with Crippen molar-refractivity contribution in [3.8, 4) is 0 Å². The molecule has 4 aromatic rings. The predicted molar refractivity (Wildman–Crippen MR) is 90.0 cm³/mol. The fourth-order valence-electron chi connectivity index (χ4n) is 2.68. The van der Waals surface area contributed by atoms with Gasteiger partial charge < -0.3 is 9.88 Å². The molecule has 0 radical (unpaired) electrons. The van der Waals surface area contributed by atoms with Crippen LogP contribution in [-0.4, -0.2) is 21.1 Å². The van der Waals surface area contributed by atoms with Crippen LogP contribution in [0.4, 0.5) is 5.82 Å². The smallest absolute Gasteiger partial charge is 0.145 e. The van der Waals surface area contributed by atoms with E-state index in [9.17, 15) is 0 Å². The SMILES string of the molecule is c1ccc2c(c1)ccn2CCNc1cnc2ccccc2n1. The number of fused-ring (bicyclic) bond motifs is 2. The first kappa shape index (κ1) is 12.8. The van der Waals surface area contributed by atoms with Crippen LogP contribution in [0.3, 0.4) is 0 Å². The summed E-state index contributed by atoms with van der Waals surface area (Å²) in [7, 11) is 0. The van der Waals surface area contributed by atoms with Gasteiger partial charge in [0.05, 0.1) is 17.2 Å². The molecule has 0 fully saturated rings. The van der Waals surface area contributed by atoms with E-state index in [1.54, 1.807) is 6.20 Å². The van der Waals surface area contributed by atoms with E-state index in [1.165, 1.54) is 10.9 Å². The van der Waals surface area contributed by atoms with Crippen LogP contribution < -0.4 is 5.32 Å². The molecule has 0 aliphatic heterocycles. The second-order valence-corrected chi connectivity index (χ2v) is 5.24. The number of aromatic nitrogens is 3. The summed E-state index contributed by atoms with van der Waals surface area (Å²) in [5.41, 5.74) is 3.09. The molecule has 22 heavy (non-hydrogen) atoms. The lowest BCUT2D eigenvalue weighted by atomic mass is 10.2. The molecular formula is C18H16N4. The Balaban J connectivity index is 1.47. The van der Waals surface area contributed by atoms with Crippen LogP contribution in [0.1, 0.15) is 0 Å². The highest BCUT2D eigenvalue weighted by atomic mass is 15.0. The molecule has 2 aromatic carbocycles. The van der Waals surface area contributed by atoms with Crippen LogP contribution in [-0.2, 0) is 6.54 Å². The number of nitrogens with one attached hydrogen (secondary N) is 1. The second-order valence-electron chi connectivity index (χ2n) is 5.24. The lowest BCUT2D eigenvalue weighted by Gasteiger charge is -2.08. The molecule has 0 saturated carbocycles. The van der Waals surface area contributed by atoms with E-state index in [-0.39, 0.29) is 0 Å². The number of anilines is 1. The molecule has 0 saturated heterocycles. The third-order valence-corrected chi connectivity index (χ3v) is 3.79. The maximum absolute atomic E-state index is 4.57. The first-order chi connectivity index (χ1) is 10.9. The molecule has 0 unspecified atom stereocenters. The third kappa shape index (κ3) is 2.39. The lowest BCUT2D eigenvalue weighted by Crippen LogP contribution is -2.10. The van der Waals surface area contributed by atoms with Gasteiger partial charge in [0.2, 0.25) is 0 Å². The Hall–Kier alpha value is -2.88. The van der Waals surface area contributed by atoms with E-state index in [0.29, 0.717) is 0 Å². The fourth-order valence-corrected chi connectivity index (χ4v) is 2.68. The van der Waals surface area contributed by atoms with Crippen molar-refractivity contribution >= 4 is 27.8 Å². The van der Waals surface area contributed by atoms with Crippen molar-refractivity contribution in [2.45, 2.75) is 6.54 Å². The number of nitrogens with zero attached hydrogens (tertiary/aromatic N) is 3. The molecular weight excluding hydrogens is 272 g/mol. The Morgan fingerprint density at radius 1 is 0.909 bits per heavy atom. The van der Waals surface area contributed by atoms with Gasteiger partial charge in [0, 0.05) is 24.8 Å². The van der Waals surface area contributed by atoms with Gasteiger partial charge in [-0.25, -0.2) is 4.98 Å². The number of hydrogen-bond acceptors (Lipinski definition) is 3. The van der Waals surface area contributed by atoms with Crippen molar-refractivity contribution < 1.29 is 0 Å². The molecule has 108 valence electrons. The van der Waals surface area contributed by atoms with Crippen molar-refractivity contribution in [2.24, 2.45) is 0 Å². The molecule has 0 spiro atoms. The molecule has 2 heterocycles. The zero-order valence-corrected chi connectivity index (χ0v) is 12.1. The largest absolute Gasteiger partial charge is 0.367 e. The zero-order valence-electron chi connectivity index (χ0n) is 12.1. The number of hydrogen-bond donors (Lipinski definition) is 1. The molecule has 0 bridgehead atoms. The van der Waals surface area contributed by atoms with Gasteiger partial charge in [0.15, 0.2) is 0 Å². The molecule has 0 amide bonds. The first-order valence-corrected chi connectivity index (χ1v) is 7.40. The van der Waals surface area contributed by atoms with E-state index in [0.717, 1.165) is 29.9 Å². The lowest BCUT2D eigenvalue weighted by molar-refractivity contribution is 0.755. The van der Waals surface area contributed by atoms with Gasteiger partial charge in [-0.2, -0.15) is 0 Å². The van der Waals surface area contributed by atoms with Crippen molar-refractivity contribution in [2.75, 3.05) is 11.9 Å². The van der Waals surface area contributed by atoms with Crippen molar-refractivity contribution in [1.29, 1.82) is 0 Å². The molecule has 4 rings (SSSR count). The van der Waals surface area contributed by atoms with Crippen LogP contribution in [0, 0.1) is 0 Å². The molecule has 0 aliphatic rings. The van der Waals surface area contributed by atoms with Gasteiger partial charge in [-0.3, -0.25) is 4.98 Å². The predicted octanol–water partition coefficient (Wildman–Crippen LogP) is 3.70. The Bertz CT molecular complexity index is 926. The van der Waals surface area contributed by atoms with Gasteiger partial charge in [0.1, 0.15) is 5.82 Å². The molecule has 0 atom stereocenters. The molecule has 0 aliphatic carbocycles. The standard InChI is InChI=1S/C18H16N4/c1-4-8-17-14(5-1)9-11-22(17)12-10-19-18-13-20-15-6-2-3-7-16(15)21-18/h1-9,11,13H,10,12H2,(H,19,21). The van der Waals surface area contributed by atoms with Crippen molar-refractivity contribution in [3.63, 3.8) is 0 Å². The minimum absolute atomic E-state index is 0.811. The van der Waals surface area contributed by atoms with Gasteiger partial charge in [-0.05, 0) is 29.7 Å². The zero-order chi connectivity index (χ0) is 14.8. The van der Waals surface area contributed by atoms with E-state index in [2.05, 4.69) is 56.4 Å². The molecule has 1 N–H and O–H groups in total. The molecule has 4 nitrogen and oxygen atoms in total. The summed E-state index contributed by atoms with van der Waals surface area (Å²) in [4.78, 5) is 8.99. The Kier molecular flexibility index (Phi) is 3.20. The average Bonchev–Trinajstić information content (AvgIpc) is 2.98. The summed E-state index contributed by atoms with van der Waals surface area (Å²) in [6.45, 7) is 1.70. The van der Waals surface area contributed by atoms with Gasteiger partial charge in [-0.1, -0.05) is 30.3 Å². The normalized spacial score (nSPS) is 11.1. The van der Waals surface area contributed by atoms with Gasteiger partial charge >= 0.3 is 0 Å². The number of rotatable bonds is 4. The van der Waals surface area contributed by atoms with Crippen molar-refractivity contribution in [3.05, 3.63) is 67.0 Å². The maximum atomic E-state index is 4.57. The number of benzene rings is 2. The minimum Gasteiger partial charge on any atom is -0.367 e. The molecule has 4 heteroatoms. The van der Waals surface area contributed by atoms with E-state index in [4.69, 9.17) is 0 Å². The first-order valence-electron chi connectivity index (χ1n) is 7.40. The van der Waals surface area contributed by atoms with Crippen LogP contribution >= 0.6 is 0 Å². The topological polar surface area (TPSA) is 42.7 Å². The maximum Gasteiger partial charge on any atom is 0.145 e. The summed E-state index contributed by atoms with van der Waals surface area (Å²) in [5, 5.41) is 4.62. The highest BCUT2D eigenvalue weighted by Crippen LogP contribution is 2.15. The summed E-state index contributed by atoms with van der Waals surface area (Å²) in [6, 6.07) is 18.5. The fraction of sp³-hybridized carbons (Fsp3) is 0.111. The van der Waals surface area contributed by atoms with Gasteiger partial charge in [0.25, 0.3) is 0 Å². The monoisotopic (exact) mass is 288 g/mol. The highest BCUT2D eigenvalue weighted by Gasteiger charge is 2.01. The van der Waals surface area contributed by atoms with Crippen LogP contribution in [0.2, 0.25) is 0 Å². The highest BCUT2D eigenvalue weighted by molar-refractivity contribution is 5.80. The summed E-state index contributed by atoms with van der Waals surface area (Å²) < 4.78 is 2.25. The summed E-state index contributed by atoms with van der Waals surface area (Å²) in [5.74, 6) is 0.815. The summed E-state index contributed by atoms with van der Waals surface area (Å²) >= 11 is 0. The Morgan fingerprint density at radius 2 is 1.73 bits per heavy atom. The van der Waals surface area contributed by atoms with E-state index >= 15 is 0 Å². The number of para-hydroxylation sites is 3. The third-order valence-electron chi connectivity index (χ3n) is 3.79. The minimum atomic E-state index is 0.811. The quantitative estimate of drug-likeness (QED) is 0.622. The average molecular weight is 288 g/mol. The van der Waals surface area contributed by atoms with Crippen LogP contribution in [0.25, 0.3) is 21.9 Å². The second kappa shape index (κ2) is 5.48. The summed E-state index contributed by atoms with van der Waals surface area (Å²) in [6.07, 6.45) is 3.91. The van der Waals surface area contributed by atoms with E-state index in [1.807, 2.05) is 24.3 Å². The Labute approximate surface area is 128 Å². The van der Waals surface area contributed by atoms with E-state index < -0.39 is 0 Å².